The summed E-state index contributed by atoms with van der Waals surface area (Å²) in [5.74, 6) is 1.61. The van der Waals surface area contributed by atoms with E-state index in [1.54, 1.807) is 14.2 Å². The quantitative estimate of drug-likeness (QED) is 0.868. The summed E-state index contributed by atoms with van der Waals surface area (Å²) in [6, 6.07) is 5.85. The van der Waals surface area contributed by atoms with Crippen LogP contribution in [0, 0.1) is 0 Å². The highest BCUT2D eigenvalue weighted by Crippen LogP contribution is 2.23. The Morgan fingerprint density at radius 1 is 1.06 bits per heavy atom. The second-order valence-corrected chi connectivity index (χ2v) is 4.48. The molecule has 0 aromatic heterocycles. The molecule has 0 bridgehead atoms. The van der Waals surface area contributed by atoms with Gasteiger partial charge in [0.1, 0.15) is 11.5 Å². The van der Waals surface area contributed by atoms with Gasteiger partial charge in [-0.05, 0) is 43.6 Å². The Hall–Kier alpha value is -1.26. The molecular formula is C14H21NO3. The van der Waals surface area contributed by atoms with Crippen molar-refractivity contribution in [3.05, 3.63) is 23.8 Å². The van der Waals surface area contributed by atoms with Crippen LogP contribution in [0.4, 0.5) is 0 Å². The van der Waals surface area contributed by atoms with Crippen molar-refractivity contribution >= 4 is 0 Å². The van der Waals surface area contributed by atoms with Crippen LogP contribution in [0.5, 0.6) is 11.5 Å². The second kappa shape index (κ2) is 6.61. The van der Waals surface area contributed by atoms with Gasteiger partial charge in [0.15, 0.2) is 0 Å². The van der Waals surface area contributed by atoms with Crippen LogP contribution in [-0.4, -0.2) is 33.4 Å². The predicted octanol–water partition coefficient (Wildman–Crippen LogP) is 1.97. The van der Waals surface area contributed by atoms with E-state index in [0.717, 1.165) is 43.0 Å². The molecule has 0 aliphatic carbocycles. The minimum absolute atomic E-state index is 0.364. The maximum absolute atomic E-state index is 5.92. The van der Waals surface area contributed by atoms with Crippen molar-refractivity contribution in [3.8, 4) is 11.5 Å². The number of ether oxygens (including phenoxy) is 3. The van der Waals surface area contributed by atoms with Gasteiger partial charge < -0.3 is 19.5 Å². The first-order chi connectivity index (χ1) is 8.81. The molecule has 0 saturated carbocycles. The maximum atomic E-state index is 5.92. The normalized spacial score (nSPS) is 16.6. The molecule has 1 aromatic carbocycles. The van der Waals surface area contributed by atoms with E-state index in [4.69, 9.17) is 14.2 Å². The van der Waals surface area contributed by atoms with Crippen molar-refractivity contribution in [2.45, 2.75) is 25.6 Å². The largest absolute Gasteiger partial charge is 0.497 e. The Balaban J connectivity index is 1.94. The molecule has 0 unspecified atom stereocenters. The molecule has 1 N–H and O–H groups in total. The summed E-state index contributed by atoms with van der Waals surface area (Å²) in [6.07, 6.45) is 2.53. The van der Waals surface area contributed by atoms with Crippen LogP contribution >= 0.6 is 0 Å². The molecule has 4 heteroatoms. The zero-order chi connectivity index (χ0) is 12.8. The van der Waals surface area contributed by atoms with Crippen LogP contribution in [0.1, 0.15) is 18.4 Å². The third kappa shape index (κ3) is 3.62. The van der Waals surface area contributed by atoms with E-state index < -0.39 is 0 Å². The summed E-state index contributed by atoms with van der Waals surface area (Å²) >= 11 is 0. The van der Waals surface area contributed by atoms with Crippen LogP contribution < -0.4 is 14.8 Å². The van der Waals surface area contributed by atoms with Gasteiger partial charge >= 0.3 is 0 Å². The van der Waals surface area contributed by atoms with Crippen molar-refractivity contribution < 1.29 is 14.2 Å². The molecule has 100 valence electrons. The third-order valence-electron chi connectivity index (χ3n) is 3.18. The van der Waals surface area contributed by atoms with E-state index in [-0.39, 0.29) is 0 Å². The smallest absolute Gasteiger partial charge is 0.122 e. The van der Waals surface area contributed by atoms with Crippen LogP contribution in [0.3, 0.4) is 0 Å². The molecule has 2 rings (SSSR count). The monoisotopic (exact) mass is 251 g/mol. The molecular weight excluding hydrogens is 230 g/mol. The predicted molar refractivity (Wildman–Crippen MR) is 70.2 cm³/mol. The van der Waals surface area contributed by atoms with Gasteiger partial charge in [-0.3, -0.25) is 0 Å². The highest BCUT2D eigenvalue weighted by molar-refractivity contribution is 5.38. The lowest BCUT2D eigenvalue weighted by molar-refractivity contribution is 0.0211. The molecule has 0 radical (unpaired) electrons. The molecule has 1 fully saturated rings. The average molecular weight is 251 g/mol. The highest BCUT2D eigenvalue weighted by Gasteiger charge is 2.13. The molecule has 1 aliphatic rings. The first-order valence-electron chi connectivity index (χ1n) is 6.36. The highest BCUT2D eigenvalue weighted by atomic mass is 16.5. The van der Waals surface area contributed by atoms with Gasteiger partial charge in [-0.25, -0.2) is 0 Å². The lowest BCUT2D eigenvalue weighted by atomic mass is 10.1. The van der Waals surface area contributed by atoms with Crippen molar-refractivity contribution in [1.82, 2.24) is 5.32 Å². The van der Waals surface area contributed by atoms with Crippen LogP contribution in [0.2, 0.25) is 0 Å². The van der Waals surface area contributed by atoms with Gasteiger partial charge in [0, 0.05) is 6.07 Å². The average Bonchev–Trinajstić information content (AvgIpc) is 2.45. The van der Waals surface area contributed by atoms with Gasteiger partial charge in [-0.2, -0.15) is 0 Å². The van der Waals surface area contributed by atoms with E-state index in [1.165, 1.54) is 0 Å². The van der Waals surface area contributed by atoms with Crippen molar-refractivity contribution in [2.75, 3.05) is 27.3 Å². The molecule has 1 heterocycles. The number of rotatable bonds is 5. The Labute approximate surface area is 108 Å². The Morgan fingerprint density at radius 2 is 1.67 bits per heavy atom. The molecule has 1 aliphatic heterocycles. The zero-order valence-corrected chi connectivity index (χ0v) is 11.1. The fraction of sp³-hybridized carbons (Fsp3) is 0.571. The minimum Gasteiger partial charge on any atom is -0.497 e. The molecule has 18 heavy (non-hydrogen) atoms. The van der Waals surface area contributed by atoms with Crippen molar-refractivity contribution in [3.63, 3.8) is 0 Å². The van der Waals surface area contributed by atoms with E-state index in [1.807, 2.05) is 18.2 Å². The Kier molecular flexibility index (Phi) is 4.84. The van der Waals surface area contributed by atoms with Crippen LogP contribution in [0.15, 0.2) is 18.2 Å². The molecule has 1 saturated heterocycles. The van der Waals surface area contributed by atoms with Crippen molar-refractivity contribution in [2.24, 2.45) is 0 Å². The number of piperidine rings is 1. The zero-order valence-electron chi connectivity index (χ0n) is 11.1. The number of hydrogen-bond acceptors (Lipinski definition) is 4. The summed E-state index contributed by atoms with van der Waals surface area (Å²) in [6.45, 7) is 2.70. The SMILES string of the molecule is COc1cc(COC2CCNCC2)cc(OC)c1. The molecule has 0 atom stereocenters. The molecule has 0 amide bonds. The minimum atomic E-state index is 0.364. The fourth-order valence-corrected chi connectivity index (χ4v) is 2.13. The van der Waals surface area contributed by atoms with Gasteiger partial charge in [0.05, 0.1) is 26.9 Å². The van der Waals surface area contributed by atoms with Gasteiger partial charge in [0.25, 0.3) is 0 Å². The van der Waals surface area contributed by atoms with Gasteiger partial charge in [-0.15, -0.1) is 0 Å². The van der Waals surface area contributed by atoms with E-state index in [2.05, 4.69) is 5.32 Å². The summed E-state index contributed by atoms with van der Waals surface area (Å²) in [7, 11) is 3.32. The number of methoxy groups -OCH3 is 2. The molecule has 4 nitrogen and oxygen atoms in total. The number of nitrogens with one attached hydrogen (secondary N) is 1. The topological polar surface area (TPSA) is 39.7 Å². The summed E-state index contributed by atoms with van der Waals surface area (Å²) in [5.41, 5.74) is 1.09. The molecule has 1 aromatic rings. The van der Waals surface area contributed by atoms with Crippen LogP contribution in [-0.2, 0) is 11.3 Å². The first kappa shape index (κ1) is 13.2. The lowest BCUT2D eigenvalue weighted by Crippen LogP contribution is -2.32. The van der Waals surface area contributed by atoms with Gasteiger partial charge in [0.2, 0.25) is 0 Å². The van der Waals surface area contributed by atoms with Crippen molar-refractivity contribution in [1.29, 1.82) is 0 Å². The third-order valence-corrected chi connectivity index (χ3v) is 3.18. The summed E-state index contributed by atoms with van der Waals surface area (Å²) in [5, 5.41) is 3.33. The van der Waals surface area contributed by atoms with E-state index in [9.17, 15) is 0 Å². The van der Waals surface area contributed by atoms with E-state index >= 15 is 0 Å². The Morgan fingerprint density at radius 3 is 2.22 bits per heavy atom. The molecule has 0 spiro atoms. The standard InChI is InChI=1S/C14H21NO3/c1-16-13-7-11(8-14(9-13)17-2)10-18-12-3-5-15-6-4-12/h7-9,12,15H,3-6,10H2,1-2H3. The summed E-state index contributed by atoms with van der Waals surface area (Å²) < 4.78 is 16.4. The second-order valence-electron chi connectivity index (χ2n) is 4.48. The summed E-state index contributed by atoms with van der Waals surface area (Å²) in [4.78, 5) is 0. The Bertz CT molecular complexity index is 353. The maximum Gasteiger partial charge on any atom is 0.122 e. The first-order valence-corrected chi connectivity index (χ1v) is 6.36. The van der Waals surface area contributed by atoms with Gasteiger partial charge in [-0.1, -0.05) is 0 Å². The van der Waals surface area contributed by atoms with Crippen LogP contribution in [0.25, 0.3) is 0 Å². The number of benzene rings is 1. The number of hydrogen-bond donors (Lipinski definition) is 1. The van der Waals surface area contributed by atoms with E-state index in [0.29, 0.717) is 12.7 Å². The lowest BCUT2D eigenvalue weighted by Gasteiger charge is -2.23. The fourth-order valence-electron chi connectivity index (χ4n) is 2.13.